The molecule has 1 aromatic carbocycles. The Morgan fingerprint density at radius 2 is 2.13 bits per heavy atom. The molecule has 0 saturated carbocycles. The summed E-state index contributed by atoms with van der Waals surface area (Å²) in [5.41, 5.74) is 2.82. The fraction of sp³-hybridized carbons (Fsp3) is 0.308. The molecule has 1 aromatic rings. The number of hydrogen-bond acceptors (Lipinski definition) is 2. The van der Waals surface area contributed by atoms with Crippen LogP contribution in [0.15, 0.2) is 36.4 Å². The Morgan fingerprint density at radius 3 is 2.67 bits per heavy atom. The van der Waals surface area contributed by atoms with Gasteiger partial charge in [0, 0.05) is 24.3 Å². The predicted octanol–water partition coefficient (Wildman–Crippen LogP) is 2.90. The van der Waals surface area contributed by atoms with Gasteiger partial charge < -0.3 is 4.90 Å². The van der Waals surface area contributed by atoms with E-state index in [1.54, 1.807) is 0 Å². The lowest BCUT2D eigenvalue weighted by atomic mass is 10.1. The minimum atomic E-state index is 0.737. The first-order valence-electron chi connectivity index (χ1n) is 5.12. The third kappa shape index (κ3) is 2.94. The number of aldehydes is 1. The number of carbonyl (C=O) groups is 1. The highest BCUT2D eigenvalue weighted by Crippen LogP contribution is 2.19. The van der Waals surface area contributed by atoms with Crippen LogP contribution in [0.1, 0.15) is 24.2 Å². The number of benzene rings is 1. The third-order valence-corrected chi connectivity index (χ3v) is 2.25. The number of hydrogen-bond donors (Lipinski definition) is 0. The summed E-state index contributed by atoms with van der Waals surface area (Å²) < 4.78 is 0. The lowest BCUT2D eigenvalue weighted by Crippen LogP contribution is -2.25. The number of rotatable bonds is 5. The lowest BCUT2D eigenvalue weighted by Gasteiger charge is -2.24. The molecule has 0 unspecified atom stereocenters. The molecular formula is C13H17NO. The molecule has 0 heterocycles. The van der Waals surface area contributed by atoms with E-state index in [-0.39, 0.29) is 0 Å². The smallest absolute Gasteiger partial charge is 0.152 e. The molecule has 0 saturated heterocycles. The SMILES string of the molecule is C=C(C)CN(CC)c1ccccc1C=O. The van der Waals surface area contributed by atoms with Gasteiger partial charge in [0.15, 0.2) is 6.29 Å². The van der Waals surface area contributed by atoms with Crippen LogP contribution in [0.4, 0.5) is 5.69 Å². The van der Waals surface area contributed by atoms with Crippen molar-refractivity contribution in [3.05, 3.63) is 42.0 Å². The van der Waals surface area contributed by atoms with Gasteiger partial charge in [-0.25, -0.2) is 0 Å². The molecule has 0 aliphatic heterocycles. The summed E-state index contributed by atoms with van der Waals surface area (Å²) in [5.74, 6) is 0. The molecule has 2 nitrogen and oxygen atoms in total. The molecule has 80 valence electrons. The second kappa shape index (κ2) is 5.35. The van der Waals surface area contributed by atoms with E-state index < -0.39 is 0 Å². The summed E-state index contributed by atoms with van der Waals surface area (Å²) in [5, 5.41) is 0. The molecular weight excluding hydrogens is 186 g/mol. The van der Waals surface area contributed by atoms with Crippen molar-refractivity contribution in [1.82, 2.24) is 0 Å². The van der Waals surface area contributed by atoms with E-state index in [1.807, 2.05) is 31.2 Å². The van der Waals surface area contributed by atoms with Crippen LogP contribution in [-0.2, 0) is 0 Å². The fourth-order valence-corrected chi connectivity index (χ4v) is 1.57. The highest BCUT2D eigenvalue weighted by atomic mass is 16.1. The fourth-order valence-electron chi connectivity index (χ4n) is 1.57. The average Bonchev–Trinajstić information content (AvgIpc) is 2.25. The van der Waals surface area contributed by atoms with Crippen molar-refractivity contribution < 1.29 is 4.79 Å². The van der Waals surface area contributed by atoms with Crippen molar-refractivity contribution in [3.8, 4) is 0 Å². The van der Waals surface area contributed by atoms with E-state index in [0.29, 0.717) is 0 Å². The first-order valence-corrected chi connectivity index (χ1v) is 5.12. The van der Waals surface area contributed by atoms with Crippen molar-refractivity contribution in [1.29, 1.82) is 0 Å². The van der Waals surface area contributed by atoms with Crippen molar-refractivity contribution in [2.75, 3.05) is 18.0 Å². The monoisotopic (exact) mass is 203 g/mol. The first-order chi connectivity index (χ1) is 7.19. The summed E-state index contributed by atoms with van der Waals surface area (Å²) in [7, 11) is 0. The number of carbonyl (C=O) groups excluding carboxylic acids is 1. The summed E-state index contributed by atoms with van der Waals surface area (Å²) in [6.07, 6.45) is 0.899. The Bertz CT molecular complexity index is 357. The van der Waals surface area contributed by atoms with E-state index in [0.717, 1.165) is 36.2 Å². The highest BCUT2D eigenvalue weighted by Gasteiger charge is 2.08. The van der Waals surface area contributed by atoms with Crippen LogP contribution in [0.5, 0.6) is 0 Å². The largest absolute Gasteiger partial charge is 0.367 e. The molecule has 0 aliphatic rings. The molecule has 1 rings (SSSR count). The average molecular weight is 203 g/mol. The molecule has 0 atom stereocenters. The summed E-state index contributed by atoms with van der Waals surface area (Å²) >= 11 is 0. The third-order valence-electron chi connectivity index (χ3n) is 2.25. The van der Waals surface area contributed by atoms with Gasteiger partial charge in [0.05, 0.1) is 0 Å². The Labute approximate surface area is 91.2 Å². The Morgan fingerprint density at radius 1 is 1.47 bits per heavy atom. The normalized spacial score (nSPS) is 9.73. The minimum absolute atomic E-state index is 0.737. The maximum atomic E-state index is 10.9. The van der Waals surface area contributed by atoms with Crippen LogP contribution < -0.4 is 4.90 Å². The Balaban J connectivity index is 3.00. The molecule has 0 radical (unpaired) electrons. The topological polar surface area (TPSA) is 20.3 Å². The maximum absolute atomic E-state index is 10.9. The second-order valence-corrected chi connectivity index (χ2v) is 3.65. The molecule has 0 aliphatic carbocycles. The molecule has 0 spiro atoms. The number of anilines is 1. The van der Waals surface area contributed by atoms with Crippen LogP contribution in [0.25, 0.3) is 0 Å². The van der Waals surface area contributed by atoms with Gasteiger partial charge in [-0.2, -0.15) is 0 Å². The van der Waals surface area contributed by atoms with E-state index >= 15 is 0 Å². The van der Waals surface area contributed by atoms with Crippen LogP contribution in [-0.4, -0.2) is 19.4 Å². The Kier molecular flexibility index (Phi) is 4.10. The first kappa shape index (κ1) is 11.5. The molecule has 2 heteroatoms. The Hall–Kier alpha value is -1.57. The standard InChI is InChI=1S/C13H17NO/c1-4-14(9-11(2)3)13-8-6-5-7-12(13)10-15/h5-8,10H,2,4,9H2,1,3H3. The second-order valence-electron chi connectivity index (χ2n) is 3.65. The van der Waals surface area contributed by atoms with Gasteiger partial charge in [-0.15, -0.1) is 0 Å². The zero-order chi connectivity index (χ0) is 11.3. The number of para-hydroxylation sites is 1. The minimum Gasteiger partial charge on any atom is -0.367 e. The van der Waals surface area contributed by atoms with Crippen LogP contribution in [0.2, 0.25) is 0 Å². The van der Waals surface area contributed by atoms with Crippen LogP contribution in [0.3, 0.4) is 0 Å². The van der Waals surface area contributed by atoms with E-state index in [1.165, 1.54) is 0 Å². The summed E-state index contributed by atoms with van der Waals surface area (Å²) in [6.45, 7) is 9.63. The quantitative estimate of drug-likeness (QED) is 0.541. The number of nitrogens with zero attached hydrogens (tertiary/aromatic N) is 1. The van der Waals surface area contributed by atoms with Crippen LogP contribution in [0, 0.1) is 0 Å². The number of likely N-dealkylation sites (N-methyl/N-ethyl adjacent to an activating group) is 1. The van der Waals surface area contributed by atoms with Gasteiger partial charge in [-0.1, -0.05) is 24.3 Å². The van der Waals surface area contributed by atoms with E-state index in [9.17, 15) is 4.79 Å². The molecule has 0 bridgehead atoms. The molecule has 0 fully saturated rings. The maximum Gasteiger partial charge on any atom is 0.152 e. The van der Waals surface area contributed by atoms with Crippen molar-refractivity contribution in [3.63, 3.8) is 0 Å². The zero-order valence-electron chi connectivity index (χ0n) is 9.36. The summed E-state index contributed by atoms with van der Waals surface area (Å²) in [4.78, 5) is 13.0. The van der Waals surface area contributed by atoms with E-state index in [4.69, 9.17) is 0 Å². The van der Waals surface area contributed by atoms with Gasteiger partial charge in [0.1, 0.15) is 0 Å². The lowest BCUT2D eigenvalue weighted by molar-refractivity contribution is 0.112. The van der Waals surface area contributed by atoms with Gasteiger partial charge in [-0.3, -0.25) is 4.79 Å². The van der Waals surface area contributed by atoms with Crippen molar-refractivity contribution >= 4 is 12.0 Å². The van der Waals surface area contributed by atoms with Gasteiger partial charge in [-0.05, 0) is 26.0 Å². The highest BCUT2D eigenvalue weighted by molar-refractivity contribution is 5.84. The molecule has 0 amide bonds. The van der Waals surface area contributed by atoms with E-state index in [2.05, 4.69) is 18.4 Å². The van der Waals surface area contributed by atoms with Crippen molar-refractivity contribution in [2.24, 2.45) is 0 Å². The summed E-state index contributed by atoms with van der Waals surface area (Å²) in [6, 6.07) is 7.63. The van der Waals surface area contributed by atoms with Crippen molar-refractivity contribution in [2.45, 2.75) is 13.8 Å². The van der Waals surface area contributed by atoms with Crippen LogP contribution >= 0.6 is 0 Å². The van der Waals surface area contributed by atoms with Gasteiger partial charge >= 0.3 is 0 Å². The zero-order valence-corrected chi connectivity index (χ0v) is 9.36. The molecule has 15 heavy (non-hydrogen) atoms. The predicted molar refractivity (Wildman–Crippen MR) is 64.5 cm³/mol. The van der Waals surface area contributed by atoms with Gasteiger partial charge in [0.25, 0.3) is 0 Å². The molecule has 0 N–H and O–H groups in total. The molecule has 0 aromatic heterocycles. The van der Waals surface area contributed by atoms with Gasteiger partial charge in [0.2, 0.25) is 0 Å².